The average molecular weight is 604 g/mol. The third-order valence-corrected chi connectivity index (χ3v) is 8.58. The van der Waals surface area contributed by atoms with Gasteiger partial charge in [-0.2, -0.15) is 23.1 Å². The number of aromatic nitrogens is 2. The van der Waals surface area contributed by atoms with Crippen LogP contribution >= 0.6 is 0 Å². The lowest BCUT2D eigenvalue weighted by Gasteiger charge is -2.39. The van der Waals surface area contributed by atoms with Crippen LogP contribution in [-0.2, 0) is 4.79 Å². The van der Waals surface area contributed by atoms with Crippen LogP contribution in [0.3, 0.4) is 0 Å². The number of rotatable bonds is 7. The van der Waals surface area contributed by atoms with Crippen molar-refractivity contribution in [2.75, 3.05) is 30.3 Å². The van der Waals surface area contributed by atoms with Crippen LogP contribution in [0.1, 0.15) is 30.9 Å². The topological polar surface area (TPSA) is 114 Å². The predicted octanol–water partition coefficient (Wildman–Crippen LogP) is 6.11. The van der Waals surface area contributed by atoms with Gasteiger partial charge in [-0.25, -0.2) is 0 Å². The van der Waals surface area contributed by atoms with E-state index in [0.29, 0.717) is 61.4 Å². The summed E-state index contributed by atoms with van der Waals surface area (Å²) in [5.41, 5.74) is 8.21. The number of carboxylic acids is 1. The molecule has 2 aliphatic heterocycles. The Labute approximate surface area is 252 Å². The normalized spacial score (nSPS) is 18.7. The van der Waals surface area contributed by atoms with Crippen molar-refractivity contribution in [3.8, 4) is 28.1 Å². The first kappa shape index (κ1) is 29.4. The Morgan fingerprint density at radius 2 is 1.61 bits per heavy atom. The number of benzene rings is 3. The van der Waals surface area contributed by atoms with Crippen LogP contribution in [0.25, 0.3) is 22.3 Å². The van der Waals surface area contributed by atoms with E-state index in [2.05, 4.69) is 15.3 Å². The minimum Gasteiger partial charge on any atom is -0.480 e. The number of ether oxygens (including phenoxy) is 1. The number of piperidine rings is 1. The van der Waals surface area contributed by atoms with E-state index < -0.39 is 24.3 Å². The minimum absolute atomic E-state index is 0.0505. The van der Waals surface area contributed by atoms with Crippen molar-refractivity contribution in [3.05, 3.63) is 90.5 Å². The molecule has 2 atom stereocenters. The largest absolute Gasteiger partial charge is 0.480 e. The van der Waals surface area contributed by atoms with E-state index in [0.717, 1.165) is 5.56 Å². The zero-order valence-corrected chi connectivity index (χ0v) is 23.8. The summed E-state index contributed by atoms with van der Waals surface area (Å²) >= 11 is 0. The quantitative estimate of drug-likeness (QED) is 0.232. The molecule has 1 unspecified atom stereocenters. The second-order valence-electron chi connectivity index (χ2n) is 11.5. The Morgan fingerprint density at radius 3 is 2.23 bits per heavy atom. The van der Waals surface area contributed by atoms with Crippen molar-refractivity contribution in [1.82, 2.24) is 15.3 Å². The smallest absolute Gasteiger partial charge is 0.429 e. The number of hydrogen-bond acceptors (Lipinski definition) is 7. The summed E-state index contributed by atoms with van der Waals surface area (Å²) in [6, 6.07) is 23.9. The van der Waals surface area contributed by atoms with Crippen LogP contribution in [0.15, 0.2) is 84.9 Å². The van der Waals surface area contributed by atoms with E-state index in [1.54, 1.807) is 42.5 Å². The van der Waals surface area contributed by atoms with Crippen molar-refractivity contribution in [2.24, 2.45) is 5.41 Å². The van der Waals surface area contributed by atoms with Gasteiger partial charge in [0.2, 0.25) is 17.9 Å². The molecule has 1 aromatic heterocycles. The van der Waals surface area contributed by atoms with Gasteiger partial charge < -0.3 is 25.8 Å². The van der Waals surface area contributed by atoms with Crippen LogP contribution in [0.2, 0.25) is 0 Å². The lowest BCUT2D eigenvalue weighted by atomic mass is 9.76. The van der Waals surface area contributed by atoms with Crippen molar-refractivity contribution in [3.63, 3.8) is 0 Å². The average Bonchev–Trinajstić information content (AvgIpc) is 3.44. The summed E-state index contributed by atoms with van der Waals surface area (Å²) in [4.78, 5) is 21.7. The van der Waals surface area contributed by atoms with Crippen molar-refractivity contribution < 1.29 is 27.8 Å². The molecule has 6 rings (SSSR count). The molecule has 2 fully saturated rings. The zero-order chi connectivity index (χ0) is 30.9. The highest BCUT2D eigenvalue weighted by Crippen LogP contribution is 2.44. The van der Waals surface area contributed by atoms with Gasteiger partial charge in [0.25, 0.3) is 0 Å². The Morgan fingerprint density at radius 1 is 0.955 bits per heavy atom. The summed E-state index contributed by atoms with van der Waals surface area (Å²) < 4.78 is 50.3. The summed E-state index contributed by atoms with van der Waals surface area (Å²) in [6.45, 7) is 1.70. The third kappa shape index (κ3) is 6.19. The third-order valence-electron chi connectivity index (χ3n) is 8.58. The standard InChI is InChI=1S/C33H32F3N5O3/c34-33(35,36)29(25-17-23(21-7-3-1-4-8-21)11-12-24(25)22-9-5-2-6-10-22)44-28-18-27(39-31(37)40-28)41-15-13-32(14-16-41)19-26(30(42)43)38-20-32/h1-12,17-18,26,29,38H,13-16,19-20H2,(H,42,43)(H2,37,39,40)/t26-,29?/m0/s1. The highest BCUT2D eigenvalue weighted by molar-refractivity contribution is 5.75. The highest BCUT2D eigenvalue weighted by atomic mass is 19.4. The second-order valence-corrected chi connectivity index (χ2v) is 11.5. The number of aliphatic carboxylic acids is 1. The molecule has 0 bridgehead atoms. The summed E-state index contributed by atoms with van der Waals surface area (Å²) in [5, 5.41) is 12.5. The fraction of sp³-hybridized carbons (Fsp3) is 0.303. The number of anilines is 2. The lowest BCUT2D eigenvalue weighted by molar-refractivity contribution is -0.198. The maximum Gasteiger partial charge on any atom is 0.429 e. The van der Waals surface area contributed by atoms with Gasteiger partial charge in [-0.3, -0.25) is 4.79 Å². The van der Waals surface area contributed by atoms with Crippen LogP contribution < -0.4 is 20.7 Å². The molecule has 8 nitrogen and oxygen atoms in total. The zero-order valence-electron chi connectivity index (χ0n) is 23.8. The number of carboxylic acid groups (broad SMARTS) is 1. The molecule has 228 valence electrons. The number of alkyl halides is 3. The predicted molar refractivity (Wildman–Crippen MR) is 161 cm³/mol. The minimum atomic E-state index is -4.79. The van der Waals surface area contributed by atoms with E-state index >= 15 is 0 Å². The molecule has 2 saturated heterocycles. The van der Waals surface area contributed by atoms with E-state index in [9.17, 15) is 23.1 Å². The monoisotopic (exact) mass is 603 g/mol. The van der Waals surface area contributed by atoms with Gasteiger partial charge in [0.1, 0.15) is 11.9 Å². The number of nitrogens with one attached hydrogen (secondary N) is 1. The highest BCUT2D eigenvalue weighted by Gasteiger charge is 2.46. The molecule has 44 heavy (non-hydrogen) atoms. The molecule has 4 N–H and O–H groups in total. The van der Waals surface area contributed by atoms with Gasteiger partial charge in [-0.15, -0.1) is 0 Å². The molecular formula is C33H32F3N5O3. The Hall–Kier alpha value is -4.64. The number of nitrogens with zero attached hydrogens (tertiary/aromatic N) is 3. The fourth-order valence-corrected chi connectivity index (χ4v) is 6.23. The molecule has 11 heteroatoms. The molecular weight excluding hydrogens is 571 g/mol. The van der Waals surface area contributed by atoms with E-state index in [1.165, 1.54) is 12.1 Å². The molecule has 0 aliphatic carbocycles. The first-order valence-electron chi connectivity index (χ1n) is 14.4. The molecule has 3 aromatic carbocycles. The summed E-state index contributed by atoms with van der Waals surface area (Å²) in [5.74, 6) is -0.981. The first-order valence-corrected chi connectivity index (χ1v) is 14.4. The molecule has 0 radical (unpaired) electrons. The van der Waals surface area contributed by atoms with Crippen LogP contribution in [0.5, 0.6) is 5.88 Å². The molecule has 1 spiro atoms. The van der Waals surface area contributed by atoms with Crippen molar-refractivity contribution in [1.29, 1.82) is 0 Å². The molecule has 2 aliphatic rings. The molecule has 3 heterocycles. The molecule has 4 aromatic rings. The Balaban J connectivity index is 1.32. The van der Waals surface area contributed by atoms with Crippen molar-refractivity contribution in [2.45, 2.75) is 37.6 Å². The van der Waals surface area contributed by atoms with E-state index in [1.807, 2.05) is 35.2 Å². The van der Waals surface area contributed by atoms with Gasteiger partial charge in [-0.05, 0) is 53.0 Å². The first-order chi connectivity index (χ1) is 21.1. The Bertz CT molecular complexity index is 1630. The number of nitrogen functional groups attached to an aromatic ring is 1. The number of carbonyl (C=O) groups is 1. The van der Waals surface area contributed by atoms with Gasteiger partial charge in [0.05, 0.1) is 0 Å². The fourth-order valence-electron chi connectivity index (χ4n) is 6.23. The maximum absolute atomic E-state index is 14.9. The van der Waals surface area contributed by atoms with E-state index in [4.69, 9.17) is 10.5 Å². The van der Waals surface area contributed by atoms with Gasteiger partial charge >= 0.3 is 12.1 Å². The molecule has 0 amide bonds. The summed E-state index contributed by atoms with van der Waals surface area (Å²) in [6.07, 6.45) is -5.17. The second kappa shape index (κ2) is 11.8. The molecule has 0 saturated carbocycles. The number of hydrogen-bond donors (Lipinski definition) is 3. The Kier molecular flexibility index (Phi) is 7.89. The lowest BCUT2D eigenvalue weighted by Crippen LogP contribution is -2.41. The summed E-state index contributed by atoms with van der Waals surface area (Å²) in [7, 11) is 0. The van der Waals surface area contributed by atoms with Gasteiger partial charge in [0.15, 0.2) is 0 Å². The van der Waals surface area contributed by atoms with Crippen LogP contribution in [-0.4, -0.2) is 52.9 Å². The van der Waals surface area contributed by atoms with Crippen LogP contribution in [0, 0.1) is 5.41 Å². The van der Waals surface area contributed by atoms with Gasteiger partial charge in [-0.1, -0.05) is 72.8 Å². The van der Waals surface area contributed by atoms with Crippen LogP contribution in [0.4, 0.5) is 24.9 Å². The number of nitrogens with two attached hydrogens (primary N) is 1. The van der Waals surface area contributed by atoms with Gasteiger partial charge in [0, 0.05) is 31.3 Å². The number of halogens is 3. The van der Waals surface area contributed by atoms with E-state index in [-0.39, 0.29) is 22.8 Å². The van der Waals surface area contributed by atoms with Crippen molar-refractivity contribution >= 4 is 17.7 Å². The maximum atomic E-state index is 14.9. The SMILES string of the molecule is Nc1nc(OC(c2cc(-c3ccccc3)ccc2-c2ccccc2)C(F)(F)F)cc(N2CCC3(CC2)CN[C@H](C(=O)O)C3)n1.